The summed E-state index contributed by atoms with van der Waals surface area (Å²) in [5, 5.41) is 0. The summed E-state index contributed by atoms with van der Waals surface area (Å²) in [6.07, 6.45) is -2.69. The van der Waals surface area contributed by atoms with E-state index >= 15 is 0 Å². The van der Waals surface area contributed by atoms with Crippen LogP contribution < -0.4 is 9.47 Å². The van der Waals surface area contributed by atoms with Crippen LogP contribution >= 0.6 is 0 Å². The van der Waals surface area contributed by atoms with Gasteiger partial charge in [-0.1, -0.05) is 49.7 Å². The number of hydrogen-bond donors (Lipinski definition) is 0. The Balaban J connectivity index is 1.48. The van der Waals surface area contributed by atoms with Crippen molar-refractivity contribution in [1.82, 2.24) is 0 Å². The second-order valence-electron chi connectivity index (χ2n) is 8.60. The summed E-state index contributed by atoms with van der Waals surface area (Å²) in [4.78, 5) is 0. The lowest BCUT2D eigenvalue weighted by Crippen LogP contribution is -2.24. The Hall–Kier alpha value is -4.08. The number of hydrogen-bond acceptors (Lipinski definition) is 2. The van der Waals surface area contributed by atoms with Gasteiger partial charge in [0, 0.05) is 17.7 Å². The highest BCUT2D eigenvalue weighted by Crippen LogP contribution is 2.37. The summed E-state index contributed by atoms with van der Waals surface area (Å²) in [5.41, 5.74) is 0.898. The Kier molecular flexibility index (Phi) is 8.13. The van der Waals surface area contributed by atoms with E-state index < -0.39 is 64.7 Å². The van der Waals surface area contributed by atoms with Gasteiger partial charge in [-0.3, -0.25) is 0 Å². The number of rotatable bonds is 9. The molecule has 0 aromatic heterocycles. The lowest BCUT2D eigenvalue weighted by atomic mass is 10.0. The molecule has 4 aromatic carbocycles. The number of benzene rings is 4. The van der Waals surface area contributed by atoms with Gasteiger partial charge in [0.25, 0.3) is 0 Å². The van der Waals surface area contributed by atoms with Crippen LogP contribution in [0.25, 0.3) is 11.1 Å². The fraction of sp³-hybridized carbons (Fsp3) is 0.172. The van der Waals surface area contributed by atoms with Gasteiger partial charge in [0.15, 0.2) is 29.0 Å². The molecule has 204 valence electrons. The van der Waals surface area contributed by atoms with E-state index in [2.05, 4.69) is 11.7 Å². The van der Waals surface area contributed by atoms with Crippen molar-refractivity contribution in [3.05, 3.63) is 118 Å². The minimum absolute atomic E-state index is 0.000681. The normalized spacial score (nSPS) is 11.5. The third-order valence-electron chi connectivity index (χ3n) is 5.83. The molecule has 0 aliphatic carbocycles. The second kappa shape index (κ2) is 11.3. The third kappa shape index (κ3) is 6.16. The van der Waals surface area contributed by atoms with E-state index in [0.29, 0.717) is 17.7 Å². The summed E-state index contributed by atoms with van der Waals surface area (Å²) in [5.74, 6) is -12.1. The summed E-state index contributed by atoms with van der Waals surface area (Å²) in [6.45, 7) is 1.52. The molecule has 0 spiro atoms. The van der Waals surface area contributed by atoms with E-state index in [0.717, 1.165) is 24.0 Å². The Bertz CT molecular complexity index is 1460. The quantitative estimate of drug-likeness (QED) is 0.153. The molecule has 10 heteroatoms. The fourth-order valence-electron chi connectivity index (χ4n) is 3.81. The number of aryl methyl sites for hydroxylation is 1. The van der Waals surface area contributed by atoms with Crippen LogP contribution in [0.15, 0.2) is 66.7 Å². The molecule has 0 atom stereocenters. The Morgan fingerprint density at radius 1 is 0.667 bits per heavy atom. The van der Waals surface area contributed by atoms with Gasteiger partial charge in [-0.15, -0.1) is 0 Å². The summed E-state index contributed by atoms with van der Waals surface area (Å²) < 4.78 is 122. The monoisotopic (exact) mass is 552 g/mol. The van der Waals surface area contributed by atoms with E-state index in [4.69, 9.17) is 4.74 Å². The zero-order valence-electron chi connectivity index (χ0n) is 20.3. The molecule has 0 amide bonds. The van der Waals surface area contributed by atoms with Crippen LogP contribution in [-0.4, -0.2) is 0 Å². The van der Waals surface area contributed by atoms with Crippen LogP contribution in [-0.2, 0) is 19.1 Å². The highest BCUT2D eigenvalue weighted by molar-refractivity contribution is 5.64. The van der Waals surface area contributed by atoms with Crippen LogP contribution in [0.5, 0.6) is 11.5 Å². The third-order valence-corrected chi connectivity index (χ3v) is 5.83. The van der Waals surface area contributed by atoms with Crippen molar-refractivity contribution in [2.45, 2.75) is 32.5 Å². The first kappa shape index (κ1) is 27.9. The van der Waals surface area contributed by atoms with Crippen molar-refractivity contribution in [2.24, 2.45) is 0 Å². The first-order valence-electron chi connectivity index (χ1n) is 11.7. The molecule has 0 bridgehead atoms. The maximum Gasteiger partial charge on any atom is 0.429 e. The highest BCUT2D eigenvalue weighted by atomic mass is 19.3. The molecule has 0 heterocycles. The first-order chi connectivity index (χ1) is 18.5. The maximum absolute atomic E-state index is 14.7. The predicted molar refractivity (Wildman–Crippen MR) is 127 cm³/mol. The molecular weight excluding hydrogens is 532 g/mol. The van der Waals surface area contributed by atoms with E-state index in [1.165, 1.54) is 12.1 Å². The highest BCUT2D eigenvalue weighted by Gasteiger charge is 2.40. The van der Waals surface area contributed by atoms with Gasteiger partial charge in [-0.2, -0.15) is 13.2 Å². The maximum atomic E-state index is 14.7. The molecule has 0 unspecified atom stereocenters. The predicted octanol–water partition coefficient (Wildman–Crippen LogP) is 8.85. The zero-order chi connectivity index (χ0) is 28.3. The smallest absolute Gasteiger partial charge is 0.429 e. The second-order valence-corrected chi connectivity index (χ2v) is 8.60. The molecule has 4 aromatic rings. The molecule has 0 N–H and O–H groups in total. The summed E-state index contributed by atoms with van der Waals surface area (Å²) in [6, 6.07) is 13.2. The molecular formula is C29H20F8O2. The number of halogens is 8. The first-order valence-corrected chi connectivity index (χ1v) is 11.7. The molecule has 0 aliphatic rings. The van der Waals surface area contributed by atoms with E-state index in [1.54, 1.807) is 6.07 Å². The van der Waals surface area contributed by atoms with Gasteiger partial charge >= 0.3 is 6.11 Å². The van der Waals surface area contributed by atoms with Gasteiger partial charge in [-0.25, -0.2) is 22.0 Å². The van der Waals surface area contributed by atoms with Crippen LogP contribution in [0.1, 0.15) is 30.0 Å². The van der Waals surface area contributed by atoms with E-state index in [-0.39, 0.29) is 17.7 Å². The van der Waals surface area contributed by atoms with Gasteiger partial charge in [0.05, 0.1) is 0 Å². The van der Waals surface area contributed by atoms with Crippen molar-refractivity contribution in [3.8, 4) is 22.6 Å². The summed E-state index contributed by atoms with van der Waals surface area (Å²) in [7, 11) is 0. The largest absolute Gasteiger partial charge is 0.486 e. The molecule has 0 saturated heterocycles. The van der Waals surface area contributed by atoms with Gasteiger partial charge in [0.2, 0.25) is 5.82 Å². The molecule has 0 saturated carbocycles. The van der Waals surface area contributed by atoms with Crippen LogP contribution in [0.3, 0.4) is 0 Å². The van der Waals surface area contributed by atoms with Crippen molar-refractivity contribution in [1.29, 1.82) is 0 Å². The summed E-state index contributed by atoms with van der Waals surface area (Å²) >= 11 is 0. The molecule has 39 heavy (non-hydrogen) atoms. The molecule has 0 fully saturated rings. The Labute approximate surface area is 218 Å². The van der Waals surface area contributed by atoms with Crippen molar-refractivity contribution in [2.75, 3.05) is 0 Å². The average Bonchev–Trinajstić information content (AvgIpc) is 2.89. The number of ether oxygens (including phenoxy) is 2. The van der Waals surface area contributed by atoms with Gasteiger partial charge in [-0.05, 0) is 41.3 Å². The molecule has 0 radical (unpaired) electrons. The minimum Gasteiger partial charge on any atom is -0.486 e. The standard InChI is InChI=1S/C29H20F8O2/c1-2-3-16-4-6-17(7-5-16)18-8-9-19(22(30)12-18)15-38-25-11-10-21(26(33)28(25)35)29(36,37)39-20-13-23(31)27(34)24(32)14-20/h4-14H,2-3,15H2,1H3. The van der Waals surface area contributed by atoms with E-state index in [1.807, 2.05) is 24.3 Å². The lowest BCUT2D eigenvalue weighted by Gasteiger charge is -2.20. The topological polar surface area (TPSA) is 18.5 Å². The molecule has 4 rings (SSSR count). The molecule has 2 nitrogen and oxygen atoms in total. The van der Waals surface area contributed by atoms with Crippen molar-refractivity contribution >= 4 is 0 Å². The zero-order valence-corrected chi connectivity index (χ0v) is 20.3. The van der Waals surface area contributed by atoms with Crippen LogP contribution in [0, 0.1) is 34.9 Å². The fourth-order valence-corrected chi connectivity index (χ4v) is 3.81. The van der Waals surface area contributed by atoms with Crippen LogP contribution in [0.2, 0.25) is 0 Å². The lowest BCUT2D eigenvalue weighted by molar-refractivity contribution is -0.188. The van der Waals surface area contributed by atoms with Crippen LogP contribution in [0.4, 0.5) is 35.1 Å². The average molecular weight is 552 g/mol. The minimum atomic E-state index is -4.60. The number of alkyl halides is 2. The van der Waals surface area contributed by atoms with Gasteiger partial charge in [0.1, 0.15) is 23.7 Å². The van der Waals surface area contributed by atoms with Crippen molar-refractivity contribution < 1.29 is 44.6 Å². The van der Waals surface area contributed by atoms with Crippen molar-refractivity contribution in [3.63, 3.8) is 0 Å². The van der Waals surface area contributed by atoms with Gasteiger partial charge < -0.3 is 9.47 Å². The SMILES string of the molecule is CCCc1ccc(-c2ccc(COc3ccc(C(F)(F)Oc4cc(F)c(F)c(F)c4)c(F)c3F)c(F)c2)cc1. The Morgan fingerprint density at radius 2 is 1.31 bits per heavy atom. The van der Waals surface area contributed by atoms with E-state index in [9.17, 15) is 35.1 Å². The Morgan fingerprint density at radius 3 is 1.92 bits per heavy atom. The molecule has 0 aliphatic heterocycles.